The number of carbonyl (C=O) groups excluding carboxylic acids is 6. The van der Waals surface area contributed by atoms with Crippen LogP contribution in [0.4, 0.5) is 0 Å². The van der Waals surface area contributed by atoms with Gasteiger partial charge in [-0.2, -0.15) is 0 Å². The van der Waals surface area contributed by atoms with Crippen molar-refractivity contribution in [2.24, 2.45) is 11.7 Å². The molecule has 4 bridgehead atoms. The highest BCUT2D eigenvalue weighted by Crippen LogP contribution is 2.25. The minimum atomic E-state index is -0.945. The van der Waals surface area contributed by atoms with Gasteiger partial charge in [0.2, 0.25) is 35.4 Å². The third-order valence-corrected chi connectivity index (χ3v) is 9.73. The number of hydrogen-bond acceptors (Lipinski definition) is 9. The lowest BCUT2D eigenvalue weighted by molar-refractivity contribution is -0.132. The molecule has 15 heteroatoms. The van der Waals surface area contributed by atoms with Gasteiger partial charge >= 0.3 is 0 Å². The molecule has 6 rings (SSSR count). The van der Waals surface area contributed by atoms with Gasteiger partial charge in [-0.25, -0.2) is 0 Å². The fraction of sp³-hybridized carbons (Fsp3) is 0.415. The van der Waals surface area contributed by atoms with E-state index in [2.05, 4.69) is 31.9 Å². The smallest absolute Gasteiger partial charge is 0.244 e. The Bertz CT molecular complexity index is 1840. The summed E-state index contributed by atoms with van der Waals surface area (Å²) in [4.78, 5) is 79.4. The van der Waals surface area contributed by atoms with Gasteiger partial charge in [-0.15, -0.1) is 0 Å². The number of hydrogen-bond donors (Lipinski definition) is 7. The number of nitrogens with one attached hydrogen (secondary N) is 6. The van der Waals surface area contributed by atoms with E-state index < -0.39 is 41.6 Å². The van der Waals surface area contributed by atoms with Gasteiger partial charge in [0.15, 0.2) is 0 Å². The zero-order valence-corrected chi connectivity index (χ0v) is 31.4. The van der Waals surface area contributed by atoms with Crippen LogP contribution in [-0.4, -0.2) is 79.9 Å². The van der Waals surface area contributed by atoms with Gasteiger partial charge in [0.25, 0.3) is 0 Å². The monoisotopic (exact) mass is 769 g/mol. The van der Waals surface area contributed by atoms with Crippen LogP contribution in [0, 0.1) is 5.92 Å². The van der Waals surface area contributed by atoms with Crippen LogP contribution in [0.3, 0.4) is 0 Å². The van der Waals surface area contributed by atoms with Crippen LogP contribution in [0.15, 0.2) is 83.5 Å². The Morgan fingerprint density at radius 3 is 2.32 bits per heavy atom. The van der Waals surface area contributed by atoms with E-state index in [4.69, 9.17) is 14.9 Å². The second-order valence-electron chi connectivity index (χ2n) is 14.0. The highest BCUT2D eigenvalue weighted by atomic mass is 16.5. The van der Waals surface area contributed by atoms with E-state index in [1.807, 2.05) is 24.3 Å². The van der Waals surface area contributed by atoms with E-state index in [9.17, 15) is 28.8 Å². The molecule has 3 aromatic rings. The van der Waals surface area contributed by atoms with Gasteiger partial charge < -0.3 is 46.8 Å². The lowest BCUT2D eigenvalue weighted by Crippen LogP contribution is -2.50. The number of amides is 6. The topological polar surface area (TPSA) is 223 Å². The molecule has 3 aliphatic rings. The second-order valence-corrected chi connectivity index (χ2v) is 14.0. The predicted molar refractivity (Wildman–Crippen MR) is 206 cm³/mol. The van der Waals surface area contributed by atoms with Crippen molar-refractivity contribution >= 4 is 35.4 Å². The Morgan fingerprint density at radius 2 is 1.55 bits per heavy atom. The molecular formula is C41H51N7O8. The molecule has 0 unspecified atom stereocenters. The van der Waals surface area contributed by atoms with Crippen molar-refractivity contribution < 1.29 is 37.9 Å². The molecule has 1 aliphatic carbocycles. The Labute approximate surface area is 325 Å². The van der Waals surface area contributed by atoms with Crippen molar-refractivity contribution in [2.75, 3.05) is 26.3 Å². The molecule has 2 atom stereocenters. The Kier molecular flexibility index (Phi) is 15.8. The fourth-order valence-electron chi connectivity index (χ4n) is 6.77. The summed E-state index contributed by atoms with van der Waals surface area (Å²) < 4.78 is 10.9. The molecule has 1 aromatic heterocycles. The zero-order chi connectivity index (χ0) is 39.7. The van der Waals surface area contributed by atoms with Crippen LogP contribution >= 0.6 is 0 Å². The van der Waals surface area contributed by atoms with Gasteiger partial charge in [0, 0.05) is 63.1 Å². The van der Waals surface area contributed by atoms with Crippen LogP contribution in [0.2, 0.25) is 0 Å². The summed E-state index contributed by atoms with van der Waals surface area (Å²) in [5.41, 5.74) is 8.34. The van der Waals surface area contributed by atoms with E-state index in [-0.39, 0.29) is 63.4 Å². The minimum absolute atomic E-state index is 0.0678. The standard InChI is InChI=1S/C41H51N7O8/c42-16-19-55-20-17-43-40(53)34-22-27-5-3-6-28(21-27)25-44-36(49)14-15-37(50)46-32-12-10-29(11-13-32)39(52)48-35(24-33-9-4-18-56-33)41(54)45-26-31-8-2-1-7-30(31)23-38(51)47-34/h1-9,14-15,18,21,29,32,34-35H,10-13,16-17,19-20,22-26,42H2,(H,43,53)(H,44,49)(H,45,54)(H,46,50)(H,47,51)(H,48,52)/b15-14+/t29-,32+,34-,35-/m0/s1. The van der Waals surface area contributed by atoms with Crippen molar-refractivity contribution in [3.05, 3.63) is 107 Å². The summed E-state index contributed by atoms with van der Waals surface area (Å²) in [7, 11) is 0. The van der Waals surface area contributed by atoms with Crippen LogP contribution in [0.5, 0.6) is 0 Å². The van der Waals surface area contributed by atoms with Crippen LogP contribution < -0.4 is 37.6 Å². The maximum Gasteiger partial charge on any atom is 0.244 e. The number of ether oxygens (including phenoxy) is 1. The summed E-state index contributed by atoms with van der Waals surface area (Å²) in [6.45, 7) is 1.42. The van der Waals surface area contributed by atoms with E-state index in [0.717, 1.165) is 11.1 Å². The molecule has 1 saturated carbocycles. The first-order chi connectivity index (χ1) is 27.2. The number of carbonyl (C=O) groups is 6. The van der Waals surface area contributed by atoms with Gasteiger partial charge in [-0.1, -0.05) is 48.5 Å². The van der Waals surface area contributed by atoms with E-state index in [1.165, 1.54) is 18.4 Å². The number of furan rings is 1. The molecular weight excluding hydrogens is 718 g/mol. The first kappa shape index (κ1) is 41.4. The summed E-state index contributed by atoms with van der Waals surface area (Å²) in [6, 6.07) is 15.9. The lowest BCUT2D eigenvalue weighted by Gasteiger charge is -2.29. The molecule has 0 spiro atoms. The van der Waals surface area contributed by atoms with Crippen LogP contribution in [-0.2, 0) is 65.9 Å². The van der Waals surface area contributed by atoms with Gasteiger partial charge in [-0.3, -0.25) is 28.8 Å². The summed E-state index contributed by atoms with van der Waals surface area (Å²) >= 11 is 0. The van der Waals surface area contributed by atoms with Crippen LogP contribution in [0.1, 0.15) is 53.7 Å². The molecule has 298 valence electrons. The first-order valence-electron chi connectivity index (χ1n) is 19.0. The van der Waals surface area contributed by atoms with Crippen molar-refractivity contribution in [1.82, 2.24) is 31.9 Å². The highest BCUT2D eigenvalue weighted by molar-refractivity contribution is 5.97. The van der Waals surface area contributed by atoms with Crippen molar-refractivity contribution in [2.45, 2.75) is 76.2 Å². The van der Waals surface area contributed by atoms with Gasteiger partial charge in [0.05, 0.1) is 25.9 Å². The van der Waals surface area contributed by atoms with Gasteiger partial charge in [-0.05, 0) is 60.1 Å². The summed E-state index contributed by atoms with van der Waals surface area (Å²) in [5.74, 6) is -2.19. The molecule has 8 N–H and O–H groups in total. The molecule has 15 nitrogen and oxygen atoms in total. The highest BCUT2D eigenvalue weighted by Gasteiger charge is 2.31. The van der Waals surface area contributed by atoms with Crippen molar-refractivity contribution in [1.29, 1.82) is 0 Å². The third kappa shape index (κ3) is 13.2. The minimum Gasteiger partial charge on any atom is -0.469 e. The predicted octanol–water partition coefficient (Wildman–Crippen LogP) is 0.846. The summed E-state index contributed by atoms with van der Waals surface area (Å²) in [6.07, 6.45) is 6.21. The maximum atomic E-state index is 13.7. The molecule has 0 saturated heterocycles. The van der Waals surface area contributed by atoms with Crippen molar-refractivity contribution in [3.8, 4) is 0 Å². The Hall–Kier alpha value is -5.80. The van der Waals surface area contributed by atoms with Crippen molar-refractivity contribution in [3.63, 3.8) is 0 Å². The number of benzene rings is 2. The van der Waals surface area contributed by atoms with E-state index in [0.29, 0.717) is 55.7 Å². The zero-order valence-electron chi connectivity index (χ0n) is 31.4. The number of rotatable bonds is 8. The fourth-order valence-corrected chi connectivity index (χ4v) is 6.77. The molecule has 2 aliphatic heterocycles. The largest absolute Gasteiger partial charge is 0.469 e. The molecule has 0 radical (unpaired) electrons. The Morgan fingerprint density at radius 1 is 0.786 bits per heavy atom. The number of fused-ring (bicyclic) bond motifs is 16. The molecule has 6 amide bonds. The normalized spacial score (nSPS) is 22.3. The summed E-state index contributed by atoms with van der Waals surface area (Å²) in [5, 5.41) is 17.2. The van der Waals surface area contributed by atoms with E-state index in [1.54, 1.807) is 36.4 Å². The Balaban J connectivity index is 1.36. The maximum absolute atomic E-state index is 13.7. The average molecular weight is 770 g/mol. The van der Waals surface area contributed by atoms with Crippen LogP contribution in [0.25, 0.3) is 0 Å². The third-order valence-electron chi connectivity index (χ3n) is 9.73. The van der Waals surface area contributed by atoms with Gasteiger partial charge in [0.1, 0.15) is 17.8 Å². The SMILES string of the molecule is NCCOCCNC(=O)[C@@H]1Cc2cccc(c2)CNC(=O)/C=C/C(=O)N[C@H]2CC[C@H](CC2)C(=O)N[C@@H](Cc2ccco2)C(=O)NCc2ccccc2CC(=O)N1. The molecule has 1 fully saturated rings. The molecule has 2 aromatic carbocycles. The quantitative estimate of drug-likeness (QED) is 0.161. The second kappa shape index (κ2) is 21.3. The average Bonchev–Trinajstić information content (AvgIpc) is 3.71. The molecule has 56 heavy (non-hydrogen) atoms. The first-order valence-corrected chi connectivity index (χ1v) is 19.0. The lowest BCUT2D eigenvalue weighted by atomic mass is 9.85. The molecule has 3 heterocycles. The number of nitrogens with two attached hydrogens (primary N) is 1. The van der Waals surface area contributed by atoms with E-state index >= 15 is 0 Å².